The zero-order valence-corrected chi connectivity index (χ0v) is 11.4. The summed E-state index contributed by atoms with van der Waals surface area (Å²) in [6.45, 7) is 0. The van der Waals surface area contributed by atoms with Crippen LogP contribution in [0.3, 0.4) is 0 Å². The summed E-state index contributed by atoms with van der Waals surface area (Å²) in [6.07, 6.45) is -0.732. The first kappa shape index (κ1) is 14.5. The van der Waals surface area contributed by atoms with Crippen LogP contribution in [0.1, 0.15) is 15.9 Å². The summed E-state index contributed by atoms with van der Waals surface area (Å²) in [5.41, 5.74) is 1.13. The highest BCUT2D eigenvalue weighted by Crippen LogP contribution is 2.09. The Morgan fingerprint density at radius 3 is 1.95 bits per heavy atom. The molecule has 0 aromatic heterocycles. The number of amides is 1. The molecule has 5 nitrogen and oxygen atoms in total. The monoisotopic (exact) mass is 282 g/mol. The average Bonchev–Trinajstić information content (AvgIpc) is 2.56. The third kappa shape index (κ3) is 3.76. The summed E-state index contributed by atoms with van der Waals surface area (Å²) in [7, 11) is 1.42. The van der Waals surface area contributed by atoms with Crippen LogP contribution in [0.5, 0.6) is 0 Å². The van der Waals surface area contributed by atoms with E-state index >= 15 is 0 Å². The van der Waals surface area contributed by atoms with Gasteiger partial charge in [-0.25, -0.2) is 4.79 Å². The molecule has 0 saturated carbocycles. The van der Waals surface area contributed by atoms with Gasteiger partial charge in [-0.15, -0.1) is 0 Å². The number of ketones is 1. The third-order valence-electron chi connectivity index (χ3n) is 2.72. The van der Waals surface area contributed by atoms with Crippen molar-refractivity contribution in [1.82, 2.24) is 5.32 Å². The molecule has 106 valence electrons. The Bertz CT molecular complexity index is 652. The van der Waals surface area contributed by atoms with Gasteiger partial charge in [-0.3, -0.25) is 9.63 Å². The lowest BCUT2D eigenvalue weighted by molar-refractivity contribution is 0.105. The molecular weight excluding hydrogens is 268 g/mol. The molecule has 0 atom stereocenters. The smallest absolute Gasteiger partial charge is 0.323 e. The predicted octanol–water partition coefficient (Wildman–Crippen LogP) is 2.63. The van der Waals surface area contributed by atoms with Crippen LogP contribution in [-0.4, -0.2) is 24.6 Å². The van der Waals surface area contributed by atoms with Crippen molar-refractivity contribution in [2.24, 2.45) is 5.16 Å². The molecule has 0 radical (unpaired) electrons. The Balaban J connectivity index is 2.37. The van der Waals surface area contributed by atoms with Gasteiger partial charge in [0.1, 0.15) is 0 Å². The maximum atomic E-state index is 12.5. The van der Waals surface area contributed by atoms with E-state index in [2.05, 4.69) is 15.3 Å². The highest BCUT2D eigenvalue weighted by molar-refractivity contribution is 6.51. The average molecular weight is 282 g/mol. The van der Waals surface area contributed by atoms with E-state index < -0.39 is 6.09 Å². The van der Waals surface area contributed by atoms with Crippen LogP contribution in [0.15, 0.2) is 65.8 Å². The van der Waals surface area contributed by atoms with E-state index in [-0.39, 0.29) is 11.5 Å². The Morgan fingerprint density at radius 1 is 0.905 bits per heavy atom. The second kappa shape index (κ2) is 7.00. The number of hydrogen-bond donors (Lipinski definition) is 1. The highest BCUT2D eigenvalue weighted by Gasteiger charge is 2.17. The fourth-order valence-electron chi connectivity index (χ4n) is 1.68. The number of carbonyl (C=O) groups is 2. The summed E-state index contributed by atoms with van der Waals surface area (Å²) in [6, 6.07) is 17.5. The number of nitrogens with one attached hydrogen (secondary N) is 1. The van der Waals surface area contributed by atoms with Crippen LogP contribution < -0.4 is 5.32 Å². The lowest BCUT2D eigenvalue weighted by Crippen LogP contribution is -2.21. The molecule has 21 heavy (non-hydrogen) atoms. The van der Waals surface area contributed by atoms with Crippen LogP contribution in [0.25, 0.3) is 0 Å². The summed E-state index contributed by atoms with van der Waals surface area (Å²) in [5, 5.41) is 5.97. The summed E-state index contributed by atoms with van der Waals surface area (Å²) < 4.78 is 0. The second-order valence-electron chi connectivity index (χ2n) is 4.13. The maximum absolute atomic E-state index is 12.5. The molecule has 0 aliphatic rings. The van der Waals surface area contributed by atoms with Gasteiger partial charge in [0.2, 0.25) is 5.78 Å². The fourth-order valence-corrected chi connectivity index (χ4v) is 1.68. The predicted molar refractivity (Wildman–Crippen MR) is 79.3 cm³/mol. The molecule has 0 unspecified atom stereocenters. The minimum Gasteiger partial charge on any atom is -0.323 e. The molecule has 0 aliphatic carbocycles. The quantitative estimate of drug-likeness (QED) is 0.405. The van der Waals surface area contributed by atoms with Crippen LogP contribution in [0, 0.1) is 0 Å². The van der Waals surface area contributed by atoms with Gasteiger partial charge in [-0.1, -0.05) is 65.8 Å². The van der Waals surface area contributed by atoms with Crippen LogP contribution in [0.4, 0.5) is 4.79 Å². The molecule has 0 heterocycles. The molecule has 0 aliphatic heterocycles. The molecule has 0 bridgehead atoms. The minimum atomic E-state index is -0.732. The van der Waals surface area contributed by atoms with Crippen molar-refractivity contribution >= 4 is 17.6 Å². The lowest BCUT2D eigenvalue weighted by Gasteiger charge is -2.05. The molecule has 2 aromatic rings. The van der Waals surface area contributed by atoms with E-state index in [4.69, 9.17) is 0 Å². The van der Waals surface area contributed by atoms with E-state index in [0.717, 1.165) is 0 Å². The number of rotatable bonds is 4. The molecule has 2 aromatic carbocycles. The molecule has 0 spiro atoms. The van der Waals surface area contributed by atoms with E-state index in [1.807, 2.05) is 12.1 Å². The van der Waals surface area contributed by atoms with Gasteiger partial charge in [0.15, 0.2) is 5.71 Å². The van der Waals surface area contributed by atoms with Crippen molar-refractivity contribution in [3.05, 3.63) is 71.8 Å². The van der Waals surface area contributed by atoms with Crippen molar-refractivity contribution in [2.45, 2.75) is 0 Å². The zero-order chi connectivity index (χ0) is 15.1. The van der Waals surface area contributed by atoms with Crippen molar-refractivity contribution in [2.75, 3.05) is 7.05 Å². The Labute approximate surface area is 122 Å². The minimum absolute atomic E-state index is 0.0744. The fraction of sp³-hybridized carbons (Fsp3) is 0.0625. The molecule has 1 amide bonds. The Hall–Kier alpha value is -2.95. The summed E-state index contributed by atoms with van der Waals surface area (Å²) >= 11 is 0. The number of benzene rings is 2. The number of hydrogen-bond acceptors (Lipinski definition) is 4. The van der Waals surface area contributed by atoms with Gasteiger partial charge in [0, 0.05) is 18.2 Å². The van der Waals surface area contributed by atoms with Crippen molar-refractivity contribution in [3.8, 4) is 0 Å². The number of carbonyl (C=O) groups excluding carboxylic acids is 2. The number of oxime groups is 1. The molecule has 0 saturated heterocycles. The summed E-state index contributed by atoms with van der Waals surface area (Å²) in [5.74, 6) is -0.314. The third-order valence-corrected chi connectivity index (χ3v) is 2.72. The topological polar surface area (TPSA) is 67.8 Å². The number of nitrogens with zero attached hydrogens (tertiary/aromatic N) is 1. The van der Waals surface area contributed by atoms with E-state index in [1.54, 1.807) is 48.5 Å². The van der Waals surface area contributed by atoms with Gasteiger partial charge < -0.3 is 5.32 Å². The first-order chi connectivity index (χ1) is 10.2. The van der Waals surface area contributed by atoms with Crippen molar-refractivity contribution in [3.63, 3.8) is 0 Å². The first-order valence-corrected chi connectivity index (χ1v) is 6.34. The van der Waals surface area contributed by atoms with E-state index in [0.29, 0.717) is 11.1 Å². The largest absolute Gasteiger partial charge is 0.433 e. The molecule has 0 fully saturated rings. The highest BCUT2D eigenvalue weighted by atomic mass is 16.7. The second-order valence-corrected chi connectivity index (χ2v) is 4.13. The Morgan fingerprint density at radius 2 is 1.43 bits per heavy atom. The maximum Gasteiger partial charge on any atom is 0.433 e. The van der Waals surface area contributed by atoms with Crippen LogP contribution in [0.2, 0.25) is 0 Å². The van der Waals surface area contributed by atoms with Crippen LogP contribution >= 0.6 is 0 Å². The standard InChI is InChI=1S/C16H14N2O3/c1-17-16(20)21-18-14(12-8-4-2-5-9-12)15(19)13-10-6-3-7-11-13/h2-11H,1H3,(H,17,20). The normalized spacial score (nSPS) is 10.8. The van der Waals surface area contributed by atoms with Crippen LogP contribution in [-0.2, 0) is 4.84 Å². The molecular formula is C16H14N2O3. The number of Topliss-reactive ketones (excluding diaryl/α,β-unsaturated/α-hetero) is 1. The lowest BCUT2D eigenvalue weighted by atomic mass is 10.0. The molecule has 1 N–H and O–H groups in total. The first-order valence-electron chi connectivity index (χ1n) is 6.34. The van der Waals surface area contributed by atoms with Gasteiger partial charge in [0.05, 0.1) is 0 Å². The van der Waals surface area contributed by atoms with Gasteiger partial charge >= 0.3 is 6.09 Å². The SMILES string of the molecule is CNC(=O)ON=C(C(=O)c1ccccc1)c1ccccc1. The van der Waals surface area contributed by atoms with Crippen molar-refractivity contribution in [1.29, 1.82) is 0 Å². The van der Waals surface area contributed by atoms with Gasteiger partial charge in [-0.05, 0) is 0 Å². The molecule has 2 rings (SSSR count). The Kier molecular flexibility index (Phi) is 4.82. The zero-order valence-electron chi connectivity index (χ0n) is 11.4. The van der Waals surface area contributed by atoms with Crippen molar-refractivity contribution < 1.29 is 14.4 Å². The summed E-state index contributed by atoms with van der Waals surface area (Å²) in [4.78, 5) is 28.3. The van der Waals surface area contributed by atoms with E-state index in [1.165, 1.54) is 7.05 Å². The molecule has 5 heteroatoms. The van der Waals surface area contributed by atoms with E-state index in [9.17, 15) is 9.59 Å². The van der Waals surface area contributed by atoms with Gasteiger partial charge in [-0.2, -0.15) is 0 Å². The van der Waals surface area contributed by atoms with Gasteiger partial charge in [0.25, 0.3) is 0 Å².